The van der Waals surface area contributed by atoms with Crippen LogP contribution in [0, 0.1) is 0 Å². The molecular formula is C8H16N2. The maximum Gasteiger partial charge on any atom is 0.0290 e. The molecule has 0 aliphatic rings. The minimum absolute atomic E-state index is 0.766. The van der Waals surface area contributed by atoms with Gasteiger partial charge in [0.1, 0.15) is 0 Å². The van der Waals surface area contributed by atoms with E-state index in [1.54, 1.807) is 0 Å². The van der Waals surface area contributed by atoms with Crippen molar-refractivity contribution in [1.82, 2.24) is 0 Å². The van der Waals surface area contributed by atoms with Crippen LogP contribution in [0.1, 0.15) is 26.7 Å². The molecule has 0 bridgehead atoms. The van der Waals surface area contributed by atoms with Crippen LogP contribution >= 0.6 is 0 Å². The average Bonchev–Trinajstić information content (AvgIpc) is 1.88. The van der Waals surface area contributed by atoms with E-state index in [-0.39, 0.29) is 0 Å². The van der Waals surface area contributed by atoms with Crippen molar-refractivity contribution in [1.29, 1.82) is 0 Å². The van der Waals surface area contributed by atoms with E-state index in [2.05, 4.69) is 0 Å². The molecule has 0 aliphatic heterocycles. The summed E-state index contributed by atoms with van der Waals surface area (Å²) in [6.45, 7) is 4.05. The van der Waals surface area contributed by atoms with Crippen LogP contribution in [0.2, 0.25) is 0 Å². The van der Waals surface area contributed by atoms with Gasteiger partial charge in [-0.1, -0.05) is 19.9 Å². The van der Waals surface area contributed by atoms with Crippen molar-refractivity contribution in [2.75, 3.05) is 0 Å². The zero-order valence-electron chi connectivity index (χ0n) is 6.72. The third kappa shape index (κ3) is 4.01. The van der Waals surface area contributed by atoms with Crippen LogP contribution in [0.4, 0.5) is 0 Å². The molecule has 0 radical (unpaired) electrons. The summed E-state index contributed by atoms with van der Waals surface area (Å²) >= 11 is 0. The molecule has 58 valence electrons. The summed E-state index contributed by atoms with van der Waals surface area (Å²) in [5.41, 5.74) is 12.7. The van der Waals surface area contributed by atoms with Gasteiger partial charge in [0.05, 0.1) is 0 Å². The normalized spacial score (nSPS) is 13.8. The third-order valence-electron chi connectivity index (χ3n) is 1.20. The number of rotatable bonds is 3. The summed E-state index contributed by atoms with van der Waals surface area (Å²) in [6, 6.07) is 0. The van der Waals surface area contributed by atoms with Crippen molar-refractivity contribution in [3.63, 3.8) is 0 Å². The van der Waals surface area contributed by atoms with Crippen LogP contribution in [0.15, 0.2) is 23.5 Å². The van der Waals surface area contributed by atoms with Gasteiger partial charge < -0.3 is 11.5 Å². The summed E-state index contributed by atoms with van der Waals surface area (Å²) in [5, 5.41) is 0. The Morgan fingerprint density at radius 2 is 1.90 bits per heavy atom. The van der Waals surface area contributed by atoms with E-state index in [1.807, 2.05) is 26.0 Å². The van der Waals surface area contributed by atoms with E-state index < -0.39 is 0 Å². The molecule has 0 aromatic rings. The SMILES string of the molecule is CC/C=C(N)\C=C(\N)CC. The lowest BCUT2D eigenvalue weighted by Gasteiger charge is -1.95. The largest absolute Gasteiger partial charge is 0.402 e. The third-order valence-corrected chi connectivity index (χ3v) is 1.20. The molecule has 0 spiro atoms. The fourth-order valence-electron chi connectivity index (χ4n) is 0.611. The molecule has 0 unspecified atom stereocenters. The van der Waals surface area contributed by atoms with Crippen LogP contribution in [-0.2, 0) is 0 Å². The van der Waals surface area contributed by atoms with Gasteiger partial charge in [0, 0.05) is 11.4 Å². The van der Waals surface area contributed by atoms with Gasteiger partial charge in [0.15, 0.2) is 0 Å². The van der Waals surface area contributed by atoms with Crippen molar-refractivity contribution in [3.05, 3.63) is 23.5 Å². The maximum atomic E-state index is 5.57. The van der Waals surface area contributed by atoms with Gasteiger partial charge >= 0.3 is 0 Å². The molecule has 0 fully saturated rings. The van der Waals surface area contributed by atoms with E-state index in [0.717, 1.165) is 24.2 Å². The molecule has 0 atom stereocenters. The van der Waals surface area contributed by atoms with Gasteiger partial charge in [0.25, 0.3) is 0 Å². The molecule has 0 aromatic heterocycles. The molecule has 0 amide bonds. The molecule has 0 saturated carbocycles. The van der Waals surface area contributed by atoms with E-state index in [1.165, 1.54) is 0 Å². The van der Waals surface area contributed by atoms with E-state index in [4.69, 9.17) is 11.5 Å². The minimum atomic E-state index is 0.766. The van der Waals surface area contributed by atoms with Crippen molar-refractivity contribution in [2.24, 2.45) is 11.5 Å². The van der Waals surface area contributed by atoms with Gasteiger partial charge in [-0.3, -0.25) is 0 Å². The van der Waals surface area contributed by atoms with Gasteiger partial charge in [-0.25, -0.2) is 0 Å². The van der Waals surface area contributed by atoms with Crippen LogP contribution < -0.4 is 11.5 Å². The van der Waals surface area contributed by atoms with Crippen LogP contribution in [0.25, 0.3) is 0 Å². The number of allylic oxidation sites excluding steroid dienone is 3. The second-order valence-corrected chi connectivity index (χ2v) is 2.19. The van der Waals surface area contributed by atoms with Crippen molar-refractivity contribution < 1.29 is 0 Å². The molecule has 0 rings (SSSR count). The molecular weight excluding hydrogens is 124 g/mol. The molecule has 10 heavy (non-hydrogen) atoms. The van der Waals surface area contributed by atoms with Gasteiger partial charge in [-0.05, 0) is 18.9 Å². The average molecular weight is 140 g/mol. The summed E-state index contributed by atoms with van der Waals surface area (Å²) in [6.07, 6.45) is 5.57. The monoisotopic (exact) mass is 140 g/mol. The zero-order valence-corrected chi connectivity index (χ0v) is 6.72. The van der Waals surface area contributed by atoms with E-state index in [0.29, 0.717) is 0 Å². The van der Waals surface area contributed by atoms with Crippen molar-refractivity contribution >= 4 is 0 Å². The Hall–Kier alpha value is -0.920. The van der Waals surface area contributed by atoms with Crippen molar-refractivity contribution in [3.8, 4) is 0 Å². The highest BCUT2D eigenvalue weighted by atomic mass is 14.6. The summed E-state index contributed by atoms with van der Waals surface area (Å²) in [7, 11) is 0. The van der Waals surface area contributed by atoms with Crippen LogP contribution in [0.5, 0.6) is 0 Å². The number of nitrogens with two attached hydrogens (primary N) is 2. The predicted molar refractivity (Wildman–Crippen MR) is 45.1 cm³/mol. The number of hydrogen-bond acceptors (Lipinski definition) is 2. The predicted octanol–water partition coefficient (Wildman–Crippen LogP) is 1.49. The Morgan fingerprint density at radius 3 is 2.30 bits per heavy atom. The Morgan fingerprint density at radius 1 is 1.30 bits per heavy atom. The highest BCUT2D eigenvalue weighted by molar-refractivity contribution is 5.18. The Labute approximate surface area is 62.6 Å². The van der Waals surface area contributed by atoms with E-state index >= 15 is 0 Å². The number of hydrogen-bond donors (Lipinski definition) is 2. The Balaban J connectivity index is 3.98. The molecule has 2 heteroatoms. The second kappa shape index (κ2) is 4.91. The highest BCUT2D eigenvalue weighted by Crippen LogP contribution is 1.96. The molecule has 0 heterocycles. The highest BCUT2D eigenvalue weighted by Gasteiger charge is 1.85. The topological polar surface area (TPSA) is 52.0 Å². The molecule has 0 aromatic carbocycles. The lowest BCUT2D eigenvalue weighted by atomic mass is 10.2. The quantitative estimate of drug-likeness (QED) is 0.583. The zero-order chi connectivity index (χ0) is 7.98. The summed E-state index contributed by atoms with van der Waals surface area (Å²) < 4.78 is 0. The molecule has 0 saturated heterocycles. The standard InChI is InChI=1S/C8H16N2/c1-3-5-8(10)6-7(9)4-2/h5-6H,3-4,9-10H2,1-2H3/b7-6+,8-5+. The Bertz CT molecular complexity index is 145. The lowest BCUT2D eigenvalue weighted by Crippen LogP contribution is -2.00. The first-order valence-electron chi connectivity index (χ1n) is 3.62. The van der Waals surface area contributed by atoms with Crippen LogP contribution in [0.3, 0.4) is 0 Å². The fourth-order valence-corrected chi connectivity index (χ4v) is 0.611. The van der Waals surface area contributed by atoms with Gasteiger partial charge in [-0.15, -0.1) is 0 Å². The van der Waals surface area contributed by atoms with Gasteiger partial charge in [-0.2, -0.15) is 0 Å². The minimum Gasteiger partial charge on any atom is -0.402 e. The summed E-state index contributed by atoms with van der Waals surface area (Å²) in [4.78, 5) is 0. The molecule has 2 nitrogen and oxygen atoms in total. The molecule has 4 N–H and O–H groups in total. The van der Waals surface area contributed by atoms with Crippen molar-refractivity contribution in [2.45, 2.75) is 26.7 Å². The lowest BCUT2D eigenvalue weighted by molar-refractivity contribution is 1.06. The fraction of sp³-hybridized carbons (Fsp3) is 0.500. The van der Waals surface area contributed by atoms with E-state index in [9.17, 15) is 0 Å². The van der Waals surface area contributed by atoms with Gasteiger partial charge in [0.2, 0.25) is 0 Å². The van der Waals surface area contributed by atoms with Crippen LogP contribution in [-0.4, -0.2) is 0 Å². The Kier molecular flexibility index (Phi) is 4.46. The first-order chi connectivity index (χ1) is 4.70. The first kappa shape index (κ1) is 9.08. The smallest absolute Gasteiger partial charge is 0.0290 e. The summed E-state index contributed by atoms with van der Waals surface area (Å²) in [5.74, 6) is 0. The molecule has 0 aliphatic carbocycles. The second-order valence-electron chi connectivity index (χ2n) is 2.19. The maximum absolute atomic E-state index is 5.57. The first-order valence-corrected chi connectivity index (χ1v) is 3.62.